The molecule has 6 amide bonds. The fraction of sp³-hybridized carbons (Fsp3) is 0.240. The Kier molecular flexibility index (Phi) is 7.07. The first kappa shape index (κ1) is 24.9. The van der Waals surface area contributed by atoms with Gasteiger partial charge in [0.2, 0.25) is 11.8 Å². The lowest BCUT2D eigenvalue weighted by Crippen LogP contribution is -2.54. The summed E-state index contributed by atoms with van der Waals surface area (Å²) in [5, 5.41) is 11.2. The Bertz CT molecular complexity index is 1310. The molecule has 2 aromatic carbocycles. The lowest BCUT2D eigenvalue weighted by Gasteiger charge is -2.28. The number of hydrogen-bond donors (Lipinski definition) is 4. The number of carbonyl (C=O) groups excluding carboxylic acids is 5. The number of urea groups is 1. The number of piperidine rings is 1. The molecule has 4 N–H and O–H groups in total. The summed E-state index contributed by atoms with van der Waals surface area (Å²) in [5.74, 6) is -2.38. The van der Waals surface area contributed by atoms with E-state index in [1.807, 2.05) is 19.1 Å². The number of rotatable bonds is 6. The van der Waals surface area contributed by atoms with Crippen LogP contribution >= 0.6 is 11.6 Å². The molecule has 1 fully saturated rings. The molecule has 4 rings (SSSR count). The molecular formula is C25H24ClN5O5. The number of aryl methyl sites for hydroxylation is 1. The number of nitrogens with one attached hydrogen (secondary N) is 4. The van der Waals surface area contributed by atoms with E-state index in [-0.39, 0.29) is 24.6 Å². The van der Waals surface area contributed by atoms with Crippen LogP contribution < -0.4 is 21.3 Å². The van der Waals surface area contributed by atoms with Gasteiger partial charge in [-0.05, 0) is 55.7 Å². The summed E-state index contributed by atoms with van der Waals surface area (Å²) < 4.78 is 0. The van der Waals surface area contributed by atoms with Crippen LogP contribution in [0.25, 0.3) is 0 Å². The standard InChI is InChI=1S/C25H24ClN5O5/c1-13-6-7-17(11-18(13)26)29-25(36)27-14(2)15-4-3-5-16(10-15)28-19-12-22(33)31(24(19)35)20-8-9-21(32)30-23(20)34/h3-7,10-12,14,20,28H,8-9H2,1-2H3,(H2,27,29,36)(H,30,32,34)/t14-,20?/m1/s1. The van der Waals surface area contributed by atoms with Gasteiger partial charge < -0.3 is 16.0 Å². The summed E-state index contributed by atoms with van der Waals surface area (Å²) in [6, 6.07) is 10.4. The minimum atomic E-state index is -1.03. The minimum absolute atomic E-state index is 0.0106. The van der Waals surface area contributed by atoms with Crippen LogP contribution in [0.3, 0.4) is 0 Å². The molecule has 2 aliphatic rings. The largest absolute Gasteiger partial charge is 0.351 e. The molecule has 36 heavy (non-hydrogen) atoms. The van der Waals surface area contributed by atoms with Crippen LogP contribution in [0.4, 0.5) is 16.2 Å². The van der Waals surface area contributed by atoms with Gasteiger partial charge in [0, 0.05) is 28.9 Å². The SMILES string of the molecule is Cc1ccc(NC(=O)N[C@H](C)c2cccc(NC3=CC(=O)N(C4CCC(=O)NC4=O)C3=O)c2)cc1Cl. The summed E-state index contributed by atoms with van der Waals surface area (Å²) >= 11 is 6.11. The summed E-state index contributed by atoms with van der Waals surface area (Å²) in [6.07, 6.45) is 1.26. The normalized spacial score (nSPS) is 18.5. The van der Waals surface area contributed by atoms with Crippen molar-refractivity contribution in [1.29, 1.82) is 0 Å². The van der Waals surface area contributed by atoms with E-state index in [0.717, 1.165) is 22.1 Å². The number of nitrogens with zero attached hydrogens (tertiary/aromatic N) is 1. The molecule has 10 nitrogen and oxygen atoms in total. The van der Waals surface area contributed by atoms with Gasteiger partial charge in [-0.15, -0.1) is 0 Å². The van der Waals surface area contributed by atoms with Crippen molar-refractivity contribution in [2.75, 3.05) is 10.6 Å². The lowest BCUT2D eigenvalue weighted by atomic mass is 10.0. The molecular weight excluding hydrogens is 486 g/mol. The first-order valence-corrected chi connectivity index (χ1v) is 11.6. The van der Waals surface area contributed by atoms with Gasteiger partial charge in [0.05, 0.1) is 6.04 Å². The van der Waals surface area contributed by atoms with Crippen molar-refractivity contribution in [1.82, 2.24) is 15.5 Å². The van der Waals surface area contributed by atoms with Crippen LogP contribution in [-0.4, -0.2) is 40.6 Å². The second kappa shape index (κ2) is 10.2. The highest BCUT2D eigenvalue weighted by Crippen LogP contribution is 2.25. The molecule has 11 heteroatoms. The highest BCUT2D eigenvalue weighted by molar-refractivity contribution is 6.31. The van der Waals surface area contributed by atoms with E-state index < -0.39 is 35.7 Å². The zero-order valence-electron chi connectivity index (χ0n) is 19.6. The molecule has 2 heterocycles. The van der Waals surface area contributed by atoms with Gasteiger partial charge in [0.15, 0.2) is 0 Å². The topological polar surface area (TPSA) is 137 Å². The molecule has 0 spiro atoms. The monoisotopic (exact) mass is 509 g/mol. The van der Waals surface area contributed by atoms with Crippen molar-refractivity contribution < 1.29 is 24.0 Å². The summed E-state index contributed by atoms with van der Waals surface area (Å²) in [4.78, 5) is 62.1. The van der Waals surface area contributed by atoms with Gasteiger partial charge in [0.1, 0.15) is 11.7 Å². The van der Waals surface area contributed by atoms with Crippen molar-refractivity contribution in [3.05, 3.63) is 70.4 Å². The number of amides is 6. The van der Waals surface area contributed by atoms with Gasteiger partial charge in [-0.1, -0.05) is 29.8 Å². The van der Waals surface area contributed by atoms with Crippen molar-refractivity contribution in [2.45, 2.75) is 38.8 Å². The molecule has 0 radical (unpaired) electrons. The quantitative estimate of drug-likeness (QED) is 0.442. The summed E-state index contributed by atoms with van der Waals surface area (Å²) in [6.45, 7) is 3.67. The van der Waals surface area contributed by atoms with E-state index in [9.17, 15) is 24.0 Å². The molecule has 2 aromatic rings. The van der Waals surface area contributed by atoms with Crippen LogP contribution in [0.15, 0.2) is 54.2 Å². The van der Waals surface area contributed by atoms with Gasteiger partial charge in [0.25, 0.3) is 11.8 Å². The van der Waals surface area contributed by atoms with E-state index in [0.29, 0.717) is 16.4 Å². The fourth-order valence-electron chi connectivity index (χ4n) is 3.96. The van der Waals surface area contributed by atoms with Gasteiger partial charge in [-0.2, -0.15) is 0 Å². The van der Waals surface area contributed by atoms with Crippen molar-refractivity contribution in [3.63, 3.8) is 0 Å². The lowest BCUT2D eigenvalue weighted by molar-refractivity contribution is -0.149. The Balaban J connectivity index is 1.39. The van der Waals surface area contributed by atoms with E-state index in [1.54, 1.807) is 37.3 Å². The molecule has 0 aromatic heterocycles. The minimum Gasteiger partial charge on any atom is -0.351 e. The third kappa shape index (κ3) is 5.38. The maximum absolute atomic E-state index is 12.9. The van der Waals surface area contributed by atoms with Gasteiger partial charge >= 0.3 is 6.03 Å². The number of carbonyl (C=O) groups is 5. The molecule has 0 saturated carbocycles. The van der Waals surface area contributed by atoms with Crippen LogP contribution in [0.1, 0.15) is 36.9 Å². The number of hydrogen-bond acceptors (Lipinski definition) is 6. The average molecular weight is 510 g/mol. The maximum Gasteiger partial charge on any atom is 0.319 e. The highest BCUT2D eigenvalue weighted by atomic mass is 35.5. The smallest absolute Gasteiger partial charge is 0.319 e. The molecule has 0 bridgehead atoms. The van der Waals surface area contributed by atoms with Crippen LogP contribution in [0.2, 0.25) is 5.02 Å². The Morgan fingerprint density at radius 1 is 1.11 bits per heavy atom. The third-order valence-corrected chi connectivity index (χ3v) is 6.33. The summed E-state index contributed by atoms with van der Waals surface area (Å²) in [5.41, 5.74) is 2.73. The van der Waals surface area contributed by atoms with Gasteiger partial charge in [-0.25, -0.2) is 4.79 Å². The second-order valence-electron chi connectivity index (χ2n) is 8.57. The maximum atomic E-state index is 12.9. The summed E-state index contributed by atoms with van der Waals surface area (Å²) in [7, 11) is 0. The number of anilines is 2. The first-order valence-electron chi connectivity index (χ1n) is 11.3. The number of benzene rings is 2. The van der Waals surface area contributed by atoms with Crippen LogP contribution in [-0.2, 0) is 19.2 Å². The van der Waals surface area contributed by atoms with Crippen molar-refractivity contribution in [2.24, 2.45) is 0 Å². The Morgan fingerprint density at radius 2 is 1.89 bits per heavy atom. The second-order valence-corrected chi connectivity index (χ2v) is 8.98. The predicted molar refractivity (Wildman–Crippen MR) is 133 cm³/mol. The average Bonchev–Trinajstić information content (AvgIpc) is 3.09. The molecule has 2 atom stereocenters. The Morgan fingerprint density at radius 3 is 2.61 bits per heavy atom. The zero-order valence-corrected chi connectivity index (χ0v) is 20.3. The zero-order chi connectivity index (χ0) is 26.0. The van der Waals surface area contributed by atoms with E-state index in [1.165, 1.54) is 0 Å². The molecule has 0 aliphatic carbocycles. The van der Waals surface area contributed by atoms with Crippen LogP contribution in [0.5, 0.6) is 0 Å². The Hall–Kier alpha value is -4.18. The fourth-order valence-corrected chi connectivity index (χ4v) is 4.14. The third-order valence-electron chi connectivity index (χ3n) is 5.92. The van der Waals surface area contributed by atoms with Gasteiger partial charge in [-0.3, -0.25) is 29.4 Å². The molecule has 2 aliphatic heterocycles. The Labute approximate surface area is 212 Å². The van der Waals surface area contributed by atoms with Crippen LogP contribution in [0, 0.1) is 6.92 Å². The van der Waals surface area contributed by atoms with Crippen molar-refractivity contribution >= 4 is 52.6 Å². The molecule has 1 unspecified atom stereocenters. The van der Waals surface area contributed by atoms with Crippen molar-refractivity contribution in [3.8, 4) is 0 Å². The first-order chi connectivity index (χ1) is 17.1. The molecule has 1 saturated heterocycles. The number of halogens is 1. The number of imide groups is 2. The molecule has 186 valence electrons. The van der Waals surface area contributed by atoms with E-state index in [4.69, 9.17) is 11.6 Å². The highest BCUT2D eigenvalue weighted by Gasteiger charge is 2.42. The van der Waals surface area contributed by atoms with E-state index >= 15 is 0 Å². The van der Waals surface area contributed by atoms with E-state index in [2.05, 4.69) is 21.3 Å². The predicted octanol–water partition coefficient (Wildman–Crippen LogP) is 3.00.